The molecule has 3 heteroatoms. The third-order valence-corrected chi connectivity index (χ3v) is 15.6. The molecule has 11 rings (SSSR count). The number of hydrogen-bond donors (Lipinski definition) is 1. The molecule has 0 saturated heterocycles. The Bertz CT molecular complexity index is 3140. The smallest absolute Gasteiger partial charge is 0.197 e. The minimum atomic E-state index is 0.0671. The maximum Gasteiger partial charge on any atom is 0.197 e. The molecule has 1 aliphatic heterocycles. The quantitative estimate of drug-likeness (QED) is 0.168. The van der Waals surface area contributed by atoms with Crippen LogP contribution in [0.3, 0.4) is 0 Å². The highest BCUT2D eigenvalue weighted by Gasteiger charge is 2.40. The van der Waals surface area contributed by atoms with Crippen LogP contribution in [0.5, 0.6) is 0 Å². The van der Waals surface area contributed by atoms with Crippen molar-refractivity contribution >= 4 is 57.4 Å². The largest absolute Gasteiger partial charge is 0.355 e. The Morgan fingerprint density at radius 2 is 0.985 bits per heavy atom. The number of benzene rings is 8. The van der Waals surface area contributed by atoms with Gasteiger partial charge in [0.05, 0.1) is 0 Å². The van der Waals surface area contributed by atoms with Crippen LogP contribution in [0, 0.1) is 0 Å². The first kappa shape index (κ1) is 41.4. The van der Waals surface area contributed by atoms with Crippen LogP contribution in [0.25, 0.3) is 44.2 Å². The molecule has 0 spiro atoms. The second kappa shape index (κ2) is 15.1. The van der Waals surface area contributed by atoms with Gasteiger partial charge in [0.2, 0.25) is 0 Å². The van der Waals surface area contributed by atoms with Crippen LogP contribution >= 0.6 is 0 Å². The Morgan fingerprint density at radius 1 is 0.446 bits per heavy atom. The highest BCUT2D eigenvalue weighted by Crippen LogP contribution is 2.51. The monoisotopic (exact) mass is 843 g/mol. The first-order valence-electron chi connectivity index (χ1n) is 23.8. The molecular formula is C62H60BN2. The van der Waals surface area contributed by atoms with Gasteiger partial charge in [0, 0.05) is 34.0 Å². The van der Waals surface area contributed by atoms with Crippen LogP contribution in [0.15, 0.2) is 164 Å². The van der Waals surface area contributed by atoms with Gasteiger partial charge in [-0.3, -0.25) is 0 Å². The van der Waals surface area contributed by atoms with Crippen molar-refractivity contribution in [2.75, 3.05) is 10.2 Å². The second-order valence-corrected chi connectivity index (χ2v) is 21.8. The zero-order valence-electron chi connectivity index (χ0n) is 39.4. The van der Waals surface area contributed by atoms with E-state index in [0.29, 0.717) is 0 Å². The predicted octanol–water partition coefficient (Wildman–Crippen LogP) is 15.7. The van der Waals surface area contributed by atoms with E-state index in [-0.39, 0.29) is 21.7 Å². The lowest BCUT2D eigenvalue weighted by Gasteiger charge is -2.44. The number of hydrogen-bond acceptors (Lipinski definition) is 2. The van der Waals surface area contributed by atoms with E-state index in [9.17, 15) is 0 Å². The lowest BCUT2D eigenvalue weighted by Crippen LogP contribution is -2.43. The maximum absolute atomic E-state index is 4.05. The van der Waals surface area contributed by atoms with Gasteiger partial charge < -0.3 is 10.2 Å². The Morgan fingerprint density at radius 3 is 1.65 bits per heavy atom. The average Bonchev–Trinajstić information content (AvgIpc) is 3.31. The molecule has 0 saturated carbocycles. The van der Waals surface area contributed by atoms with Crippen molar-refractivity contribution in [1.82, 2.24) is 0 Å². The van der Waals surface area contributed by atoms with E-state index in [4.69, 9.17) is 0 Å². The summed E-state index contributed by atoms with van der Waals surface area (Å²) in [6.45, 7) is 19.4. The van der Waals surface area contributed by atoms with E-state index in [1.54, 1.807) is 0 Å². The Balaban J connectivity index is 1.17. The number of fused-ring (bicyclic) bond motifs is 5. The predicted molar refractivity (Wildman–Crippen MR) is 280 cm³/mol. The zero-order valence-corrected chi connectivity index (χ0v) is 39.4. The van der Waals surface area contributed by atoms with Gasteiger partial charge in [-0.25, -0.2) is 0 Å². The third-order valence-electron chi connectivity index (χ3n) is 15.6. The van der Waals surface area contributed by atoms with Crippen molar-refractivity contribution in [3.63, 3.8) is 0 Å². The molecule has 0 atom stereocenters. The molecule has 3 aliphatic rings. The molecule has 0 bridgehead atoms. The minimum absolute atomic E-state index is 0.0671. The van der Waals surface area contributed by atoms with E-state index in [2.05, 4.69) is 237 Å². The van der Waals surface area contributed by atoms with Crippen LogP contribution in [-0.4, -0.2) is 7.28 Å². The third kappa shape index (κ3) is 7.10. The highest BCUT2D eigenvalue weighted by atomic mass is 15.1. The topological polar surface area (TPSA) is 15.3 Å². The van der Waals surface area contributed by atoms with Gasteiger partial charge in [-0.2, -0.15) is 0 Å². The van der Waals surface area contributed by atoms with Crippen LogP contribution in [-0.2, 0) is 21.7 Å². The fourth-order valence-electron chi connectivity index (χ4n) is 11.4. The van der Waals surface area contributed by atoms with Gasteiger partial charge in [0.1, 0.15) is 0 Å². The summed E-state index contributed by atoms with van der Waals surface area (Å²) in [5.74, 6) is 0. The summed E-state index contributed by atoms with van der Waals surface area (Å²) in [7, 11) is 2.52. The van der Waals surface area contributed by atoms with Crippen molar-refractivity contribution in [2.45, 2.75) is 103 Å². The van der Waals surface area contributed by atoms with Crippen LogP contribution < -0.4 is 21.1 Å². The van der Waals surface area contributed by atoms with Crippen LogP contribution in [0.4, 0.5) is 28.4 Å². The molecule has 1 heterocycles. The summed E-state index contributed by atoms with van der Waals surface area (Å²) in [5, 5.41) is 6.52. The summed E-state index contributed by atoms with van der Waals surface area (Å²) in [5.41, 5.74) is 21.9. The van der Waals surface area contributed by atoms with Gasteiger partial charge >= 0.3 is 0 Å². The number of anilines is 5. The highest BCUT2D eigenvalue weighted by molar-refractivity contribution is 6.73. The molecule has 8 aromatic carbocycles. The first-order valence-corrected chi connectivity index (χ1v) is 23.8. The number of nitrogens with zero attached hydrogens (tertiary/aromatic N) is 1. The van der Waals surface area contributed by atoms with Crippen molar-refractivity contribution in [3.05, 3.63) is 186 Å². The molecule has 0 unspecified atom stereocenters. The first-order chi connectivity index (χ1) is 31.2. The zero-order chi connectivity index (χ0) is 44.9. The van der Waals surface area contributed by atoms with Gasteiger partial charge in [-0.05, 0) is 162 Å². The van der Waals surface area contributed by atoms with Crippen molar-refractivity contribution in [2.24, 2.45) is 0 Å². The molecule has 65 heavy (non-hydrogen) atoms. The SMILES string of the molecule is CC1(C)CCC(C)(C)c2cc(Nc3ccc(-c4ccccc4)cc3-c3c4c(cc5ccccc35)N(c3ccc(-c5ccccc5)cc3)c3cc5c(cc3[B]4)C(C)(C)CCC5(C)C)ccc21. The minimum Gasteiger partial charge on any atom is -0.355 e. The average molecular weight is 844 g/mol. The van der Waals surface area contributed by atoms with E-state index < -0.39 is 0 Å². The van der Waals surface area contributed by atoms with E-state index in [0.717, 1.165) is 17.1 Å². The fraction of sp³-hybridized carbons (Fsp3) is 0.258. The Labute approximate surface area is 388 Å². The standard InChI is InChI=1S/C62H60BN2/c1-59(2)31-32-60(3,4)50-37-45(26-29-49(50)59)64-54-30-25-43(41-19-13-10-14-20-41)35-48(54)57-47-22-16-15-21-44(47)36-56-58(57)63-53-38-51-52(62(7,8)34-33-61(51,5)6)39-55(53)65(56)46-27-23-42(24-28-46)40-17-11-9-12-18-40/h9-30,35-39,64H,31-34H2,1-8H3. The van der Waals surface area contributed by atoms with E-state index in [1.165, 1.54) is 114 Å². The van der Waals surface area contributed by atoms with Gasteiger partial charge in [0.15, 0.2) is 7.28 Å². The van der Waals surface area contributed by atoms with Gasteiger partial charge in [-0.1, -0.05) is 176 Å². The summed E-state index contributed by atoms with van der Waals surface area (Å²) in [6.07, 6.45) is 4.71. The van der Waals surface area contributed by atoms with Crippen molar-refractivity contribution < 1.29 is 0 Å². The maximum atomic E-state index is 4.05. The Kier molecular flexibility index (Phi) is 9.63. The van der Waals surface area contributed by atoms with Crippen LogP contribution in [0.2, 0.25) is 0 Å². The summed E-state index contributed by atoms with van der Waals surface area (Å²) >= 11 is 0. The van der Waals surface area contributed by atoms with Gasteiger partial charge in [-0.15, -0.1) is 0 Å². The van der Waals surface area contributed by atoms with E-state index >= 15 is 0 Å². The lowest BCUT2D eigenvalue weighted by atomic mass is 9.55. The molecule has 321 valence electrons. The fourth-order valence-corrected chi connectivity index (χ4v) is 11.4. The summed E-state index contributed by atoms with van der Waals surface area (Å²) < 4.78 is 0. The molecule has 1 N–H and O–H groups in total. The Hall–Kier alpha value is -6.32. The molecule has 2 nitrogen and oxygen atoms in total. The molecule has 8 aromatic rings. The number of nitrogens with one attached hydrogen (secondary N) is 1. The lowest BCUT2D eigenvalue weighted by molar-refractivity contribution is 0.332. The summed E-state index contributed by atoms with van der Waals surface area (Å²) in [4.78, 5) is 2.56. The number of rotatable bonds is 6. The molecule has 0 amide bonds. The normalized spacial score (nSPS) is 17.3. The molecule has 1 radical (unpaired) electrons. The molecule has 0 aromatic heterocycles. The summed E-state index contributed by atoms with van der Waals surface area (Å²) in [6, 6.07) is 61.6. The molecule has 0 fully saturated rings. The van der Waals surface area contributed by atoms with E-state index in [1.807, 2.05) is 0 Å². The van der Waals surface area contributed by atoms with Gasteiger partial charge in [0.25, 0.3) is 0 Å². The second-order valence-electron chi connectivity index (χ2n) is 21.8. The molecule has 2 aliphatic carbocycles. The molecular weight excluding hydrogens is 784 g/mol. The van der Waals surface area contributed by atoms with Crippen molar-refractivity contribution in [1.29, 1.82) is 0 Å². The van der Waals surface area contributed by atoms with Crippen molar-refractivity contribution in [3.8, 4) is 33.4 Å². The van der Waals surface area contributed by atoms with Crippen LogP contribution in [0.1, 0.15) is 103 Å².